The maximum Gasteiger partial charge on any atom is 0.0768 e. The van der Waals surface area contributed by atoms with Gasteiger partial charge in [-0.15, -0.1) is 0 Å². The third kappa shape index (κ3) is 5.56. The summed E-state index contributed by atoms with van der Waals surface area (Å²) in [5, 5.41) is 2.31. The van der Waals surface area contributed by atoms with Gasteiger partial charge in [0.15, 0.2) is 0 Å². The number of piperidine rings is 1. The molecule has 0 aromatic rings. The van der Waals surface area contributed by atoms with Crippen molar-refractivity contribution < 1.29 is 4.84 Å². The van der Waals surface area contributed by atoms with E-state index < -0.39 is 0 Å². The smallest absolute Gasteiger partial charge is 0.0768 e. The zero-order chi connectivity index (χ0) is 16.3. The van der Waals surface area contributed by atoms with Crippen LogP contribution in [0, 0.1) is 11.8 Å². The van der Waals surface area contributed by atoms with Gasteiger partial charge in [-0.3, -0.25) is 4.84 Å². The third-order valence-corrected chi connectivity index (χ3v) is 5.20. The van der Waals surface area contributed by atoms with E-state index in [1.807, 2.05) is 0 Å². The van der Waals surface area contributed by atoms with Crippen molar-refractivity contribution in [3.8, 4) is 0 Å². The van der Waals surface area contributed by atoms with Gasteiger partial charge >= 0.3 is 0 Å². The number of nitrogens with zero attached hydrogens (tertiary/aromatic N) is 1. The van der Waals surface area contributed by atoms with Crippen molar-refractivity contribution in [1.29, 1.82) is 0 Å². The predicted molar refractivity (Wildman–Crippen MR) is 92.2 cm³/mol. The third-order valence-electron chi connectivity index (χ3n) is 5.20. The SMILES string of the molecule is CCC(C)CC(C)C[C@@H](C)ON1C(C)(C)CCCC1(C)C. The van der Waals surface area contributed by atoms with Gasteiger partial charge in [-0.1, -0.05) is 27.2 Å². The van der Waals surface area contributed by atoms with E-state index in [0.29, 0.717) is 6.10 Å². The minimum Gasteiger partial charge on any atom is -0.295 e. The van der Waals surface area contributed by atoms with Gasteiger partial charge in [-0.2, -0.15) is 5.06 Å². The van der Waals surface area contributed by atoms with Crippen LogP contribution in [-0.2, 0) is 4.84 Å². The van der Waals surface area contributed by atoms with E-state index in [1.165, 1.54) is 32.1 Å². The highest BCUT2D eigenvalue weighted by Gasteiger charge is 2.43. The highest BCUT2D eigenvalue weighted by Crippen LogP contribution is 2.39. The van der Waals surface area contributed by atoms with Crippen LogP contribution in [0.4, 0.5) is 0 Å². The zero-order valence-corrected chi connectivity index (χ0v) is 15.8. The Morgan fingerprint density at radius 3 is 1.90 bits per heavy atom. The minimum atomic E-state index is 0.149. The van der Waals surface area contributed by atoms with Crippen molar-refractivity contribution in [2.75, 3.05) is 0 Å². The van der Waals surface area contributed by atoms with E-state index in [1.54, 1.807) is 0 Å². The lowest BCUT2D eigenvalue weighted by Crippen LogP contribution is -2.59. The molecule has 2 nitrogen and oxygen atoms in total. The van der Waals surface area contributed by atoms with E-state index >= 15 is 0 Å². The fourth-order valence-electron chi connectivity index (χ4n) is 4.00. The second kappa shape index (κ2) is 7.46. The summed E-state index contributed by atoms with van der Waals surface area (Å²) in [6.45, 7) is 18.6. The maximum absolute atomic E-state index is 6.44. The maximum atomic E-state index is 6.44. The topological polar surface area (TPSA) is 12.5 Å². The van der Waals surface area contributed by atoms with Gasteiger partial charge in [0.25, 0.3) is 0 Å². The molecular formula is C19H39NO. The molecule has 1 fully saturated rings. The predicted octanol–water partition coefficient (Wildman–Crippen LogP) is 5.81. The minimum absolute atomic E-state index is 0.149. The van der Waals surface area contributed by atoms with Crippen molar-refractivity contribution in [3.63, 3.8) is 0 Å². The molecule has 0 spiro atoms. The molecule has 1 aliphatic rings. The Hall–Kier alpha value is -0.0800. The molecule has 0 N–H and O–H groups in total. The summed E-state index contributed by atoms with van der Waals surface area (Å²) < 4.78 is 0. The highest BCUT2D eigenvalue weighted by atomic mass is 16.7. The van der Waals surface area contributed by atoms with Gasteiger partial charge in [0.2, 0.25) is 0 Å². The van der Waals surface area contributed by atoms with Crippen molar-refractivity contribution >= 4 is 0 Å². The van der Waals surface area contributed by atoms with Crippen LogP contribution in [0.15, 0.2) is 0 Å². The average Bonchev–Trinajstić information content (AvgIpc) is 2.33. The molecule has 126 valence electrons. The molecule has 0 aliphatic carbocycles. The van der Waals surface area contributed by atoms with Crippen LogP contribution in [0.2, 0.25) is 0 Å². The van der Waals surface area contributed by atoms with Gasteiger partial charge < -0.3 is 0 Å². The summed E-state index contributed by atoms with van der Waals surface area (Å²) in [4.78, 5) is 6.44. The second-order valence-corrected chi connectivity index (χ2v) is 8.78. The number of hydroxylamine groups is 2. The van der Waals surface area contributed by atoms with Gasteiger partial charge in [-0.25, -0.2) is 0 Å². The highest BCUT2D eigenvalue weighted by molar-refractivity contribution is 4.93. The lowest BCUT2D eigenvalue weighted by molar-refractivity contribution is -0.303. The van der Waals surface area contributed by atoms with Crippen molar-refractivity contribution in [3.05, 3.63) is 0 Å². The van der Waals surface area contributed by atoms with Crippen LogP contribution in [0.25, 0.3) is 0 Å². The van der Waals surface area contributed by atoms with Crippen LogP contribution < -0.4 is 0 Å². The number of rotatable bonds is 7. The number of hydrogen-bond acceptors (Lipinski definition) is 2. The summed E-state index contributed by atoms with van der Waals surface area (Å²) in [5.41, 5.74) is 0.298. The van der Waals surface area contributed by atoms with E-state index in [4.69, 9.17) is 4.84 Å². The quantitative estimate of drug-likeness (QED) is 0.587. The van der Waals surface area contributed by atoms with Gasteiger partial charge in [0.1, 0.15) is 0 Å². The molecule has 0 bridgehead atoms. The Labute approximate surface area is 133 Å². The molecule has 0 radical (unpaired) electrons. The van der Waals surface area contributed by atoms with Crippen LogP contribution in [0.5, 0.6) is 0 Å². The monoisotopic (exact) mass is 297 g/mol. The molecule has 0 amide bonds. The lowest BCUT2D eigenvalue weighted by atomic mass is 9.82. The van der Waals surface area contributed by atoms with Crippen molar-refractivity contribution in [1.82, 2.24) is 5.06 Å². The van der Waals surface area contributed by atoms with Crippen LogP contribution in [0.1, 0.15) is 93.9 Å². The van der Waals surface area contributed by atoms with Gasteiger partial charge in [0.05, 0.1) is 6.10 Å². The first kappa shape index (κ1) is 19.0. The van der Waals surface area contributed by atoms with Crippen molar-refractivity contribution in [2.45, 2.75) is 111 Å². The van der Waals surface area contributed by atoms with Crippen LogP contribution >= 0.6 is 0 Å². The van der Waals surface area contributed by atoms with Gasteiger partial charge in [0, 0.05) is 11.1 Å². The first-order chi connectivity index (χ1) is 9.58. The first-order valence-corrected chi connectivity index (χ1v) is 9.05. The summed E-state index contributed by atoms with van der Waals surface area (Å²) >= 11 is 0. The Balaban J connectivity index is 2.57. The molecule has 3 atom stereocenters. The molecule has 1 saturated heterocycles. The summed E-state index contributed by atoms with van der Waals surface area (Å²) in [6.07, 6.45) is 7.83. The summed E-state index contributed by atoms with van der Waals surface area (Å²) in [7, 11) is 0. The van der Waals surface area contributed by atoms with E-state index in [9.17, 15) is 0 Å². The van der Waals surface area contributed by atoms with Crippen molar-refractivity contribution in [2.24, 2.45) is 11.8 Å². The molecule has 0 aromatic heterocycles. The molecular weight excluding hydrogens is 258 g/mol. The normalized spacial score (nSPS) is 26.3. The molecule has 2 heteroatoms. The summed E-state index contributed by atoms with van der Waals surface area (Å²) in [5.74, 6) is 1.57. The Morgan fingerprint density at radius 2 is 1.43 bits per heavy atom. The van der Waals surface area contributed by atoms with Crippen LogP contribution in [-0.4, -0.2) is 22.2 Å². The molecule has 0 aromatic carbocycles. The molecule has 1 aliphatic heterocycles. The molecule has 2 unspecified atom stereocenters. The fraction of sp³-hybridized carbons (Fsp3) is 1.00. The number of hydrogen-bond donors (Lipinski definition) is 0. The molecule has 1 heterocycles. The average molecular weight is 298 g/mol. The molecule has 1 rings (SSSR count). The lowest BCUT2D eigenvalue weighted by Gasteiger charge is -2.52. The Kier molecular flexibility index (Phi) is 6.74. The van der Waals surface area contributed by atoms with E-state index in [-0.39, 0.29) is 11.1 Å². The largest absolute Gasteiger partial charge is 0.295 e. The second-order valence-electron chi connectivity index (χ2n) is 8.78. The van der Waals surface area contributed by atoms with Gasteiger partial charge in [-0.05, 0) is 78.6 Å². The standard InChI is InChI=1S/C19H39NO/c1-9-15(2)13-16(3)14-17(4)21-20-18(5,6)11-10-12-19(20,7)8/h15-17H,9-14H2,1-8H3/t15?,16?,17-/m1/s1. The Morgan fingerprint density at radius 1 is 0.905 bits per heavy atom. The molecule has 0 saturated carbocycles. The first-order valence-electron chi connectivity index (χ1n) is 9.05. The molecule has 21 heavy (non-hydrogen) atoms. The van der Waals surface area contributed by atoms with E-state index in [2.05, 4.69) is 60.5 Å². The van der Waals surface area contributed by atoms with Crippen LogP contribution in [0.3, 0.4) is 0 Å². The van der Waals surface area contributed by atoms with E-state index in [0.717, 1.165) is 18.3 Å². The summed E-state index contributed by atoms with van der Waals surface area (Å²) in [6, 6.07) is 0. The Bertz CT molecular complexity index is 295. The fourth-order valence-corrected chi connectivity index (χ4v) is 4.00. The zero-order valence-electron chi connectivity index (χ0n) is 15.8.